The Morgan fingerprint density at radius 3 is 2.83 bits per heavy atom. The van der Waals surface area contributed by atoms with Gasteiger partial charge in [-0.1, -0.05) is 28.1 Å². The number of amides is 1. The molecule has 5 nitrogen and oxygen atoms in total. The fraction of sp³-hybridized carbons (Fsp3) is 0.455. The lowest BCUT2D eigenvalue weighted by Gasteiger charge is -2.23. The van der Waals surface area contributed by atoms with Gasteiger partial charge in [0.15, 0.2) is 0 Å². The van der Waals surface area contributed by atoms with Crippen molar-refractivity contribution in [3.63, 3.8) is 0 Å². The van der Waals surface area contributed by atoms with Crippen molar-refractivity contribution in [2.75, 3.05) is 5.75 Å². The topological polar surface area (TPSA) is 86.6 Å². The van der Waals surface area contributed by atoms with Crippen molar-refractivity contribution in [3.8, 4) is 0 Å². The van der Waals surface area contributed by atoms with Gasteiger partial charge in [-0.05, 0) is 6.08 Å². The van der Waals surface area contributed by atoms with Crippen molar-refractivity contribution in [3.05, 3.63) is 22.7 Å². The number of carboxylic acids is 1. The summed E-state index contributed by atoms with van der Waals surface area (Å²) in [7, 11) is 0. The Kier molecular flexibility index (Phi) is 5.90. The molecule has 1 amide bonds. The summed E-state index contributed by atoms with van der Waals surface area (Å²) in [5, 5.41) is 20.9. The number of halogens is 1. The first-order valence-electron chi connectivity index (χ1n) is 5.25. The molecule has 0 aromatic rings. The number of nitrogens with one attached hydrogen (secondary N) is 1. The van der Waals surface area contributed by atoms with Gasteiger partial charge in [0.2, 0.25) is 5.91 Å². The summed E-state index contributed by atoms with van der Waals surface area (Å²) in [5.74, 6) is -1.27. The molecule has 3 N–H and O–H groups in total. The second kappa shape index (κ2) is 6.96. The third-order valence-electron chi connectivity index (χ3n) is 2.28. The minimum Gasteiger partial charge on any atom is -0.480 e. The summed E-state index contributed by atoms with van der Waals surface area (Å²) in [6.45, 7) is 1.27. The van der Waals surface area contributed by atoms with Crippen LogP contribution in [0.5, 0.6) is 0 Å². The van der Waals surface area contributed by atoms with E-state index in [2.05, 4.69) is 21.2 Å². The smallest absolute Gasteiger partial charge is 0.327 e. The highest BCUT2D eigenvalue weighted by Crippen LogP contribution is 2.28. The standard InChI is InChI=1S/C11H14BrNO4S/c1-6(14)13-8(11(16)17)5-18-9-4-2-3-7(12)10(9)15/h2-4,8-10,15H,5H2,1H3,(H,13,14)(H,16,17)/t8-,9?,10?/m0/s1. The van der Waals surface area contributed by atoms with E-state index in [0.717, 1.165) is 0 Å². The summed E-state index contributed by atoms with van der Waals surface area (Å²) >= 11 is 4.52. The van der Waals surface area contributed by atoms with E-state index in [-0.39, 0.29) is 16.9 Å². The Bertz CT molecular complexity index is 395. The molecule has 0 heterocycles. The van der Waals surface area contributed by atoms with Gasteiger partial charge in [-0.25, -0.2) is 4.79 Å². The molecule has 18 heavy (non-hydrogen) atoms. The van der Waals surface area contributed by atoms with E-state index in [4.69, 9.17) is 5.11 Å². The van der Waals surface area contributed by atoms with Gasteiger partial charge in [-0.3, -0.25) is 4.79 Å². The highest BCUT2D eigenvalue weighted by Gasteiger charge is 2.25. The number of aliphatic hydroxyl groups excluding tert-OH is 1. The van der Waals surface area contributed by atoms with Crippen LogP contribution in [0.2, 0.25) is 0 Å². The number of hydrogen-bond donors (Lipinski definition) is 3. The Hall–Kier alpha value is -0.790. The molecule has 0 bridgehead atoms. The van der Waals surface area contributed by atoms with E-state index in [1.807, 2.05) is 0 Å². The zero-order valence-electron chi connectivity index (χ0n) is 9.67. The van der Waals surface area contributed by atoms with Gasteiger partial charge in [0.05, 0.1) is 5.25 Å². The molecule has 0 spiro atoms. The number of thioether (sulfide) groups is 1. The molecule has 3 atom stereocenters. The molecule has 0 aromatic heterocycles. The molecule has 1 rings (SSSR count). The summed E-state index contributed by atoms with van der Waals surface area (Å²) in [6.07, 6.45) is 4.64. The largest absolute Gasteiger partial charge is 0.480 e. The zero-order chi connectivity index (χ0) is 13.7. The van der Waals surface area contributed by atoms with E-state index >= 15 is 0 Å². The van der Waals surface area contributed by atoms with E-state index < -0.39 is 18.1 Å². The second-order valence-electron chi connectivity index (χ2n) is 3.77. The minimum absolute atomic E-state index is 0.196. The quantitative estimate of drug-likeness (QED) is 0.694. The Morgan fingerprint density at radius 1 is 1.61 bits per heavy atom. The third-order valence-corrected chi connectivity index (χ3v) is 4.34. The Morgan fingerprint density at radius 2 is 2.28 bits per heavy atom. The summed E-state index contributed by atoms with van der Waals surface area (Å²) < 4.78 is 0.661. The van der Waals surface area contributed by atoms with Gasteiger partial charge in [0, 0.05) is 17.2 Å². The van der Waals surface area contributed by atoms with E-state index in [1.165, 1.54) is 18.7 Å². The fourth-order valence-electron chi connectivity index (χ4n) is 1.39. The first-order chi connectivity index (χ1) is 8.41. The van der Waals surface area contributed by atoms with Crippen LogP contribution in [-0.2, 0) is 9.59 Å². The normalized spacial score (nSPS) is 24.3. The number of rotatable bonds is 5. The van der Waals surface area contributed by atoms with Crippen LogP contribution in [0.25, 0.3) is 0 Å². The molecule has 1 aliphatic rings. The maximum Gasteiger partial charge on any atom is 0.327 e. The number of allylic oxidation sites excluding steroid dienone is 2. The molecule has 0 saturated heterocycles. The van der Waals surface area contributed by atoms with Crippen LogP contribution in [0.15, 0.2) is 22.7 Å². The summed E-state index contributed by atoms with van der Waals surface area (Å²) in [4.78, 5) is 21.8. The third kappa shape index (κ3) is 4.47. The van der Waals surface area contributed by atoms with Crippen LogP contribution in [0.1, 0.15) is 6.92 Å². The van der Waals surface area contributed by atoms with Crippen molar-refractivity contribution >= 4 is 39.6 Å². The van der Waals surface area contributed by atoms with Crippen molar-refractivity contribution < 1.29 is 19.8 Å². The van der Waals surface area contributed by atoms with Crippen LogP contribution < -0.4 is 5.32 Å². The molecule has 2 unspecified atom stereocenters. The van der Waals surface area contributed by atoms with Crippen LogP contribution in [0.4, 0.5) is 0 Å². The van der Waals surface area contributed by atoms with Crippen LogP contribution >= 0.6 is 27.7 Å². The first kappa shape index (κ1) is 15.3. The summed E-state index contributed by atoms with van der Waals surface area (Å²) in [5.41, 5.74) is 0. The molecule has 100 valence electrons. The Balaban J connectivity index is 2.53. The lowest BCUT2D eigenvalue weighted by atomic mass is 10.1. The average Bonchev–Trinajstić information content (AvgIpc) is 2.28. The minimum atomic E-state index is -1.08. The van der Waals surface area contributed by atoms with Gasteiger partial charge in [0.1, 0.15) is 12.1 Å². The predicted molar refractivity (Wildman–Crippen MR) is 73.6 cm³/mol. The molecule has 7 heteroatoms. The lowest BCUT2D eigenvalue weighted by Crippen LogP contribution is -2.42. The molecule has 0 saturated carbocycles. The second-order valence-corrected chi connectivity index (χ2v) is 5.90. The highest BCUT2D eigenvalue weighted by atomic mass is 79.9. The first-order valence-corrected chi connectivity index (χ1v) is 7.09. The van der Waals surface area contributed by atoms with E-state index in [0.29, 0.717) is 4.48 Å². The number of carboxylic acid groups (broad SMARTS) is 1. The van der Waals surface area contributed by atoms with Crippen LogP contribution in [0.3, 0.4) is 0 Å². The van der Waals surface area contributed by atoms with E-state index in [9.17, 15) is 14.7 Å². The van der Waals surface area contributed by atoms with Crippen LogP contribution in [0, 0.1) is 0 Å². The van der Waals surface area contributed by atoms with Crippen molar-refractivity contribution in [2.24, 2.45) is 0 Å². The molecular weight excluding hydrogens is 322 g/mol. The molecule has 0 radical (unpaired) electrons. The fourth-order valence-corrected chi connectivity index (χ4v) is 3.18. The maximum atomic E-state index is 10.9. The van der Waals surface area contributed by atoms with Crippen molar-refractivity contribution in [2.45, 2.75) is 24.3 Å². The molecule has 0 aromatic carbocycles. The van der Waals surface area contributed by atoms with Gasteiger partial charge in [-0.2, -0.15) is 0 Å². The molecule has 0 fully saturated rings. The van der Waals surface area contributed by atoms with E-state index in [1.54, 1.807) is 18.2 Å². The summed E-state index contributed by atoms with van der Waals surface area (Å²) in [6, 6.07) is -0.946. The number of carbonyl (C=O) groups excluding carboxylic acids is 1. The van der Waals surface area contributed by atoms with Gasteiger partial charge < -0.3 is 15.5 Å². The molecule has 1 aliphatic carbocycles. The number of aliphatic hydroxyl groups is 1. The van der Waals surface area contributed by atoms with Gasteiger partial charge in [0.25, 0.3) is 0 Å². The highest BCUT2D eigenvalue weighted by molar-refractivity contribution is 9.11. The Labute approximate surface area is 117 Å². The zero-order valence-corrected chi connectivity index (χ0v) is 12.1. The predicted octanol–water partition coefficient (Wildman–Crippen LogP) is 0.887. The SMILES string of the molecule is CC(=O)N[C@@H](CSC1C=CC=C(Br)C1O)C(=O)O. The van der Waals surface area contributed by atoms with Crippen molar-refractivity contribution in [1.29, 1.82) is 0 Å². The maximum absolute atomic E-state index is 10.9. The monoisotopic (exact) mass is 335 g/mol. The number of aliphatic carboxylic acids is 1. The number of hydrogen-bond acceptors (Lipinski definition) is 4. The van der Waals surface area contributed by atoms with Crippen molar-refractivity contribution in [1.82, 2.24) is 5.32 Å². The lowest BCUT2D eigenvalue weighted by molar-refractivity contribution is -0.140. The van der Waals surface area contributed by atoms with Crippen LogP contribution in [-0.4, -0.2) is 45.2 Å². The molecule has 0 aliphatic heterocycles. The average molecular weight is 336 g/mol. The number of carbonyl (C=O) groups is 2. The molecular formula is C11H14BrNO4S. The van der Waals surface area contributed by atoms with Gasteiger partial charge in [-0.15, -0.1) is 11.8 Å². The van der Waals surface area contributed by atoms with Gasteiger partial charge >= 0.3 is 5.97 Å².